The van der Waals surface area contributed by atoms with Gasteiger partial charge in [-0.1, -0.05) is 66.7 Å². The highest BCUT2D eigenvalue weighted by molar-refractivity contribution is 5.38. The standard InChI is InChI=1S/C26H29N3O4/c30-24(20-33-25-13-7-12-23(18-25)29(31)32)19-27-14-16-28(17-15-27)26(21-8-3-1-4-9-21)22-10-5-2-6-11-22/h1-13,18,24,26,30H,14-17,19-20H2. The van der Waals surface area contributed by atoms with Crippen LogP contribution in [-0.4, -0.2) is 65.3 Å². The minimum atomic E-state index is -0.671. The van der Waals surface area contributed by atoms with E-state index in [0.29, 0.717) is 12.3 Å². The molecule has 7 heteroatoms. The van der Waals surface area contributed by atoms with Crippen molar-refractivity contribution in [3.63, 3.8) is 0 Å². The van der Waals surface area contributed by atoms with E-state index < -0.39 is 11.0 Å². The van der Waals surface area contributed by atoms with Gasteiger partial charge >= 0.3 is 0 Å². The Kier molecular flexibility index (Phi) is 7.67. The van der Waals surface area contributed by atoms with Gasteiger partial charge in [0, 0.05) is 38.8 Å². The Morgan fingerprint density at radius 1 is 0.879 bits per heavy atom. The number of rotatable bonds is 9. The zero-order valence-corrected chi connectivity index (χ0v) is 18.5. The summed E-state index contributed by atoms with van der Waals surface area (Å²) in [6.45, 7) is 4.09. The van der Waals surface area contributed by atoms with Gasteiger partial charge in [-0.25, -0.2) is 0 Å². The van der Waals surface area contributed by atoms with Crippen LogP contribution >= 0.6 is 0 Å². The summed E-state index contributed by atoms with van der Waals surface area (Å²) in [4.78, 5) is 15.2. The van der Waals surface area contributed by atoms with Gasteiger partial charge in [0.15, 0.2) is 0 Å². The lowest BCUT2D eigenvalue weighted by Crippen LogP contribution is -2.50. The maximum absolute atomic E-state index is 10.9. The van der Waals surface area contributed by atoms with E-state index in [0.717, 1.165) is 26.2 Å². The minimum Gasteiger partial charge on any atom is -0.491 e. The summed E-state index contributed by atoms with van der Waals surface area (Å²) in [6, 6.07) is 27.4. The van der Waals surface area contributed by atoms with Crippen LogP contribution in [0.3, 0.4) is 0 Å². The van der Waals surface area contributed by atoms with Gasteiger partial charge in [-0.05, 0) is 17.2 Å². The Labute approximate surface area is 194 Å². The first-order valence-corrected chi connectivity index (χ1v) is 11.2. The molecular weight excluding hydrogens is 418 g/mol. The average Bonchev–Trinajstić information content (AvgIpc) is 2.85. The van der Waals surface area contributed by atoms with Crippen LogP contribution in [0.15, 0.2) is 84.9 Å². The number of nitrogens with zero attached hydrogens (tertiary/aromatic N) is 3. The van der Waals surface area contributed by atoms with Crippen molar-refractivity contribution in [3.8, 4) is 5.75 Å². The molecule has 172 valence electrons. The molecule has 0 amide bonds. The summed E-state index contributed by atoms with van der Waals surface area (Å²) in [5.74, 6) is 0.390. The SMILES string of the molecule is O=[N+]([O-])c1cccc(OCC(O)CN2CCN(C(c3ccccc3)c3ccccc3)CC2)c1. The van der Waals surface area contributed by atoms with Gasteiger partial charge in [-0.3, -0.25) is 19.9 Å². The van der Waals surface area contributed by atoms with Gasteiger partial charge in [0.2, 0.25) is 0 Å². The number of ether oxygens (including phenoxy) is 1. The molecule has 1 saturated heterocycles. The van der Waals surface area contributed by atoms with E-state index >= 15 is 0 Å². The Morgan fingerprint density at radius 3 is 2.06 bits per heavy atom. The van der Waals surface area contributed by atoms with Gasteiger partial charge in [-0.15, -0.1) is 0 Å². The molecule has 1 fully saturated rings. The van der Waals surface area contributed by atoms with Crippen molar-refractivity contribution in [3.05, 3.63) is 106 Å². The number of aliphatic hydroxyl groups is 1. The van der Waals surface area contributed by atoms with Crippen molar-refractivity contribution in [2.24, 2.45) is 0 Å². The monoisotopic (exact) mass is 447 g/mol. The molecule has 0 radical (unpaired) electrons. The van der Waals surface area contributed by atoms with Crippen LogP contribution in [0.1, 0.15) is 17.2 Å². The second-order valence-corrected chi connectivity index (χ2v) is 8.28. The van der Waals surface area contributed by atoms with Gasteiger partial charge < -0.3 is 9.84 Å². The highest BCUT2D eigenvalue weighted by Gasteiger charge is 2.27. The van der Waals surface area contributed by atoms with Crippen molar-refractivity contribution >= 4 is 5.69 Å². The number of piperazine rings is 1. The number of hydrogen-bond acceptors (Lipinski definition) is 6. The van der Waals surface area contributed by atoms with Crippen LogP contribution in [0.25, 0.3) is 0 Å². The van der Waals surface area contributed by atoms with E-state index in [-0.39, 0.29) is 18.3 Å². The summed E-state index contributed by atoms with van der Waals surface area (Å²) in [5.41, 5.74) is 2.54. The molecule has 1 aliphatic heterocycles. The minimum absolute atomic E-state index is 0.0236. The molecule has 3 aromatic carbocycles. The van der Waals surface area contributed by atoms with E-state index in [2.05, 4.69) is 58.3 Å². The summed E-state index contributed by atoms with van der Waals surface area (Å²) < 4.78 is 5.58. The predicted molar refractivity (Wildman–Crippen MR) is 127 cm³/mol. The molecule has 3 aromatic rings. The first-order valence-electron chi connectivity index (χ1n) is 11.2. The van der Waals surface area contributed by atoms with Crippen LogP contribution in [0.2, 0.25) is 0 Å². The number of nitro benzene ring substituents is 1. The molecule has 1 aliphatic rings. The van der Waals surface area contributed by atoms with Crippen LogP contribution in [0.4, 0.5) is 5.69 Å². The van der Waals surface area contributed by atoms with Crippen LogP contribution in [0, 0.1) is 10.1 Å². The maximum atomic E-state index is 10.9. The molecular formula is C26H29N3O4. The molecule has 0 aliphatic carbocycles. The highest BCUT2D eigenvalue weighted by atomic mass is 16.6. The molecule has 0 saturated carbocycles. The Balaban J connectivity index is 1.31. The summed E-state index contributed by atoms with van der Waals surface area (Å²) in [5, 5.41) is 21.4. The number of aliphatic hydroxyl groups excluding tert-OH is 1. The molecule has 4 rings (SSSR count). The Hall–Kier alpha value is -3.26. The number of non-ortho nitro benzene ring substituents is 1. The predicted octanol–water partition coefficient (Wildman–Crippen LogP) is 3.74. The highest BCUT2D eigenvalue weighted by Crippen LogP contribution is 2.29. The molecule has 1 N–H and O–H groups in total. The van der Waals surface area contributed by atoms with E-state index in [4.69, 9.17) is 4.74 Å². The molecule has 0 spiro atoms. The Bertz CT molecular complexity index is 984. The second kappa shape index (κ2) is 11.0. The molecule has 33 heavy (non-hydrogen) atoms. The number of benzene rings is 3. The van der Waals surface area contributed by atoms with Crippen LogP contribution < -0.4 is 4.74 Å². The summed E-state index contributed by atoms with van der Waals surface area (Å²) in [6.07, 6.45) is -0.671. The molecule has 1 heterocycles. The van der Waals surface area contributed by atoms with Gasteiger partial charge in [-0.2, -0.15) is 0 Å². The van der Waals surface area contributed by atoms with E-state index in [1.54, 1.807) is 12.1 Å². The fourth-order valence-electron chi connectivity index (χ4n) is 4.32. The number of hydrogen-bond donors (Lipinski definition) is 1. The van der Waals surface area contributed by atoms with E-state index in [9.17, 15) is 15.2 Å². The third-order valence-corrected chi connectivity index (χ3v) is 5.94. The lowest BCUT2D eigenvalue weighted by molar-refractivity contribution is -0.384. The first-order chi connectivity index (χ1) is 16.1. The molecule has 0 aromatic heterocycles. The van der Waals surface area contributed by atoms with Crippen LogP contribution in [-0.2, 0) is 0 Å². The van der Waals surface area contributed by atoms with Crippen LogP contribution in [0.5, 0.6) is 5.75 Å². The second-order valence-electron chi connectivity index (χ2n) is 8.28. The third-order valence-electron chi connectivity index (χ3n) is 5.94. The third kappa shape index (κ3) is 6.16. The van der Waals surface area contributed by atoms with Crippen molar-refractivity contribution in [1.82, 2.24) is 9.80 Å². The van der Waals surface area contributed by atoms with Gasteiger partial charge in [0.1, 0.15) is 18.5 Å². The number of β-amino-alcohol motifs (C(OH)–C–C–N with tert-alkyl or cyclic N) is 1. The number of nitro groups is 1. The average molecular weight is 448 g/mol. The smallest absolute Gasteiger partial charge is 0.273 e. The Morgan fingerprint density at radius 2 is 1.48 bits per heavy atom. The van der Waals surface area contributed by atoms with Crippen molar-refractivity contribution in [1.29, 1.82) is 0 Å². The largest absolute Gasteiger partial charge is 0.491 e. The van der Waals surface area contributed by atoms with Crippen molar-refractivity contribution in [2.75, 3.05) is 39.3 Å². The molecule has 7 nitrogen and oxygen atoms in total. The molecule has 0 bridgehead atoms. The fraction of sp³-hybridized carbons (Fsp3) is 0.308. The lowest BCUT2D eigenvalue weighted by atomic mass is 9.96. The quantitative estimate of drug-likeness (QED) is 0.398. The zero-order chi connectivity index (χ0) is 23.0. The lowest BCUT2D eigenvalue weighted by Gasteiger charge is -2.40. The summed E-state index contributed by atoms with van der Waals surface area (Å²) >= 11 is 0. The van der Waals surface area contributed by atoms with Crippen molar-refractivity contribution < 1.29 is 14.8 Å². The molecule has 1 atom stereocenters. The van der Waals surface area contributed by atoms with Crippen molar-refractivity contribution in [2.45, 2.75) is 12.1 Å². The molecule has 1 unspecified atom stereocenters. The zero-order valence-electron chi connectivity index (χ0n) is 18.5. The van der Waals surface area contributed by atoms with Gasteiger partial charge in [0.05, 0.1) is 17.0 Å². The maximum Gasteiger partial charge on any atom is 0.273 e. The summed E-state index contributed by atoms with van der Waals surface area (Å²) in [7, 11) is 0. The topological polar surface area (TPSA) is 79.1 Å². The van der Waals surface area contributed by atoms with E-state index in [1.807, 2.05) is 12.1 Å². The first kappa shape index (κ1) is 22.9. The normalized spacial score (nSPS) is 15.9. The fourth-order valence-corrected chi connectivity index (χ4v) is 4.32. The van der Waals surface area contributed by atoms with Gasteiger partial charge in [0.25, 0.3) is 5.69 Å². The van der Waals surface area contributed by atoms with E-state index in [1.165, 1.54) is 23.3 Å².